The number of anilines is 2. The van der Waals surface area contributed by atoms with Crippen molar-refractivity contribution in [1.82, 2.24) is 0 Å². The second-order valence-electron chi connectivity index (χ2n) is 9.79. The lowest BCUT2D eigenvalue weighted by atomic mass is 10.2. The van der Waals surface area contributed by atoms with Crippen LogP contribution in [-0.2, 0) is 9.84 Å². The van der Waals surface area contributed by atoms with Crippen LogP contribution < -0.4 is 9.80 Å². The highest BCUT2D eigenvalue weighted by Gasteiger charge is 2.17. The molecule has 0 spiro atoms. The maximum absolute atomic E-state index is 13.2. The zero-order chi connectivity index (χ0) is 32.1. The third-order valence-electron chi connectivity index (χ3n) is 6.77. The van der Waals surface area contributed by atoms with Gasteiger partial charge in [-0.2, -0.15) is 20.5 Å². The molecular weight excluding hydrogens is 596 g/mol. The molecule has 4 N–H and O–H groups in total. The van der Waals surface area contributed by atoms with Gasteiger partial charge in [0, 0.05) is 37.6 Å². The molecule has 0 aliphatic heterocycles. The first kappa shape index (κ1) is 33.4. The summed E-state index contributed by atoms with van der Waals surface area (Å²) >= 11 is 0. The molecule has 0 aliphatic carbocycles. The first-order valence-electron chi connectivity index (χ1n) is 14.3. The predicted octanol–water partition coefficient (Wildman–Crippen LogP) is 4.93. The van der Waals surface area contributed by atoms with E-state index >= 15 is 0 Å². The molecule has 0 aromatic heterocycles. The van der Waals surface area contributed by atoms with E-state index in [1.54, 1.807) is 48.5 Å². The van der Waals surface area contributed by atoms with Crippen LogP contribution in [0.3, 0.4) is 0 Å². The van der Waals surface area contributed by atoms with Crippen molar-refractivity contribution in [2.45, 2.75) is 9.79 Å². The van der Waals surface area contributed by atoms with Crippen molar-refractivity contribution in [3.05, 3.63) is 97.1 Å². The van der Waals surface area contributed by atoms with Crippen molar-refractivity contribution < 1.29 is 28.8 Å². The third-order valence-corrected chi connectivity index (χ3v) is 8.55. The molecule has 0 amide bonds. The standard InChI is InChI=1S/C32H36N6O6S/c39-21-17-37(18-22-40)29-9-1-25(2-10-29)33-35-27-5-13-31(14-6-27)45(43,44)32-15-7-28(8-16-32)36-34-26-3-11-30(12-4-26)38(19-23-41)20-24-42/h1-16,39-42H,17-24H2. The summed E-state index contributed by atoms with van der Waals surface area (Å²) in [6.07, 6.45) is 0. The van der Waals surface area contributed by atoms with Crippen LogP contribution in [0.4, 0.5) is 34.1 Å². The smallest absolute Gasteiger partial charge is 0.206 e. The molecule has 0 fully saturated rings. The first-order chi connectivity index (χ1) is 21.9. The van der Waals surface area contributed by atoms with Gasteiger partial charge in [0.25, 0.3) is 0 Å². The molecule has 0 heterocycles. The van der Waals surface area contributed by atoms with Gasteiger partial charge in [-0.05, 0) is 97.1 Å². The monoisotopic (exact) mass is 632 g/mol. The first-order valence-corrected chi connectivity index (χ1v) is 15.8. The van der Waals surface area contributed by atoms with E-state index in [-0.39, 0.29) is 36.2 Å². The van der Waals surface area contributed by atoms with Gasteiger partial charge in [-0.25, -0.2) is 8.42 Å². The Balaban J connectivity index is 1.38. The second-order valence-corrected chi connectivity index (χ2v) is 11.7. The van der Waals surface area contributed by atoms with E-state index in [0.717, 1.165) is 11.4 Å². The fourth-order valence-electron chi connectivity index (χ4n) is 4.43. The minimum atomic E-state index is -3.78. The molecule has 0 saturated heterocycles. The molecule has 0 atom stereocenters. The summed E-state index contributed by atoms with van der Waals surface area (Å²) in [5.74, 6) is 0. The van der Waals surface area contributed by atoms with Gasteiger partial charge in [0.05, 0.1) is 59.0 Å². The van der Waals surface area contributed by atoms with Crippen molar-refractivity contribution >= 4 is 44.0 Å². The quantitative estimate of drug-likeness (QED) is 0.126. The van der Waals surface area contributed by atoms with Gasteiger partial charge < -0.3 is 30.2 Å². The van der Waals surface area contributed by atoms with Gasteiger partial charge in [0.2, 0.25) is 9.84 Å². The molecular formula is C32H36N6O6S. The van der Waals surface area contributed by atoms with E-state index in [1.165, 1.54) is 24.3 Å². The normalized spacial score (nSPS) is 11.8. The summed E-state index contributed by atoms with van der Waals surface area (Å²) < 4.78 is 26.4. The summed E-state index contributed by atoms with van der Waals surface area (Å²) in [6.45, 7) is 1.51. The molecule has 4 aromatic rings. The van der Waals surface area contributed by atoms with Gasteiger partial charge >= 0.3 is 0 Å². The average molecular weight is 633 g/mol. The van der Waals surface area contributed by atoms with Crippen molar-refractivity contribution in [2.24, 2.45) is 20.5 Å². The molecule has 4 aromatic carbocycles. The summed E-state index contributed by atoms with van der Waals surface area (Å²) in [4.78, 5) is 3.94. The molecule has 0 saturated carbocycles. The van der Waals surface area contributed by atoms with Gasteiger partial charge in [-0.3, -0.25) is 0 Å². The van der Waals surface area contributed by atoms with Crippen molar-refractivity contribution in [3.63, 3.8) is 0 Å². The van der Waals surface area contributed by atoms with Crippen LogP contribution in [0.5, 0.6) is 0 Å². The van der Waals surface area contributed by atoms with Crippen molar-refractivity contribution in [1.29, 1.82) is 0 Å². The van der Waals surface area contributed by atoms with E-state index in [4.69, 9.17) is 0 Å². The lowest BCUT2D eigenvalue weighted by molar-refractivity contribution is 0.280. The zero-order valence-electron chi connectivity index (χ0n) is 24.6. The Hall–Kier alpha value is -4.53. The number of benzene rings is 4. The van der Waals surface area contributed by atoms with Gasteiger partial charge in [0.15, 0.2) is 0 Å². The van der Waals surface area contributed by atoms with Crippen LogP contribution in [0, 0.1) is 0 Å². The van der Waals surface area contributed by atoms with Crippen LogP contribution in [0.15, 0.2) is 127 Å². The maximum Gasteiger partial charge on any atom is 0.206 e. The highest BCUT2D eigenvalue weighted by molar-refractivity contribution is 7.91. The topological polar surface area (TPSA) is 171 Å². The van der Waals surface area contributed by atoms with E-state index in [0.29, 0.717) is 48.9 Å². The number of hydrogen-bond donors (Lipinski definition) is 4. The Kier molecular flexibility index (Phi) is 12.2. The fraction of sp³-hybridized carbons (Fsp3) is 0.250. The summed E-state index contributed by atoms with van der Waals surface area (Å²) in [5.41, 5.74) is 3.85. The Morgan fingerprint density at radius 3 is 0.911 bits per heavy atom. The fourth-order valence-corrected chi connectivity index (χ4v) is 5.69. The molecule has 13 heteroatoms. The van der Waals surface area contributed by atoms with E-state index in [9.17, 15) is 28.8 Å². The molecule has 236 valence electrons. The van der Waals surface area contributed by atoms with E-state index < -0.39 is 9.84 Å². The number of nitrogens with zero attached hydrogens (tertiary/aromatic N) is 6. The minimum Gasteiger partial charge on any atom is -0.395 e. The summed E-state index contributed by atoms with van der Waals surface area (Å²) in [7, 11) is -3.78. The number of hydrogen-bond acceptors (Lipinski definition) is 12. The van der Waals surface area contributed by atoms with Gasteiger partial charge in [-0.15, -0.1) is 0 Å². The average Bonchev–Trinajstić information content (AvgIpc) is 3.07. The zero-order valence-corrected chi connectivity index (χ0v) is 25.4. The third kappa shape index (κ3) is 9.23. The number of aliphatic hydroxyl groups excluding tert-OH is 4. The van der Waals surface area contributed by atoms with Gasteiger partial charge in [0.1, 0.15) is 0 Å². The second kappa shape index (κ2) is 16.5. The Morgan fingerprint density at radius 2 is 0.667 bits per heavy atom. The molecule has 0 radical (unpaired) electrons. The maximum atomic E-state index is 13.2. The molecule has 45 heavy (non-hydrogen) atoms. The van der Waals surface area contributed by atoms with Crippen molar-refractivity contribution in [2.75, 3.05) is 62.4 Å². The summed E-state index contributed by atoms with van der Waals surface area (Å²) in [6, 6.07) is 26.6. The predicted molar refractivity (Wildman–Crippen MR) is 172 cm³/mol. The van der Waals surface area contributed by atoms with Gasteiger partial charge in [-0.1, -0.05) is 0 Å². The van der Waals surface area contributed by atoms with Crippen LogP contribution in [-0.4, -0.2) is 81.5 Å². The van der Waals surface area contributed by atoms with Crippen LogP contribution in [0.2, 0.25) is 0 Å². The number of rotatable bonds is 16. The Morgan fingerprint density at radius 1 is 0.422 bits per heavy atom. The van der Waals surface area contributed by atoms with Crippen LogP contribution in [0.1, 0.15) is 0 Å². The number of sulfone groups is 1. The number of aliphatic hydroxyl groups is 4. The lowest BCUT2D eigenvalue weighted by Gasteiger charge is -2.22. The van der Waals surface area contributed by atoms with E-state index in [1.807, 2.05) is 34.1 Å². The molecule has 0 unspecified atom stereocenters. The number of azo groups is 2. The van der Waals surface area contributed by atoms with Crippen LogP contribution in [0.25, 0.3) is 0 Å². The molecule has 0 bridgehead atoms. The highest BCUT2D eigenvalue weighted by atomic mass is 32.2. The SMILES string of the molecule is O=S(=O)(c1ccc(N=Nc2ccc(N(CCO)CCO)cc2)cc1)c1ccc(N=Nc2ccc(N(CCO)CCO)cc2)cc1. The minimum absolute atomic E-state index is 0.0263. The molecule has 12 nitrogen and oxygen atoms in total. The van der Waals surface area contributed by atoms with Crippen LogP contribution >= 0.6 is 0 Å². The van der Waals surface area contributed by atoms with Crippen molar-refractivity contribution in [3.8, 4) is 0 Å². The van der Waals surface area contributed by atoms with E-state index in [2.05, 4.69) is 20.5 Å². The molecule has 4 rings (SSSR count). The summed E-state index contributed by atoms with van der Waals surface area (Å²) in [5, 5.41) is 53.7. The highest BCUT2D eigenvalue weighted by Crippen LogP contribution is 2.28. The lowest BCUT2D eigenvalue weighted by Crippen LogP contribution is -2.29. The Bertz CT molecular complexity index is 1520. The Labute approximate surface area is 262 Å². The largest absolute Gasteiger partial charge is 0.395 e. The molecule has 0 aliphatic rings.